The van der Waals surface area contributed by atoms with Crippen molar-refractivity contribution >= 4 is 40.4 Å². The van der Waals surface area contributed by atoms with Gasteiger partial charge in [-0.15, -0.1) is 0 Å². The molecule has 1 atom stereocenters. The summed E-state index contributed by atoms with van der Waals surface area (Å²) in [6.45, 7) is 7.83. The van der Waals surface area contributed by atoms with E-state index in [1.54, 1.807) is 24.3 Å². The second-order valence-electron chi connectivity index (χ2n) is 8.22. The van der Waals surface area contributed by atoms with Crippen LogP contribution in [0.1, 0.15) is 36.6 Å². The van der Waals surface area contributed by atoms with Crippen LogP contribution in [0.15, 0.2) is 78.4 Å². The lowest BCUT2D eigenvalue weighted by Gasteiger charge is -2.27. The number of amides is 1. The Morgan fingerprint density at radius 3 is 2.26 bits per heavy atom. The van der Waals surface area contributed by atoms with E-state index in [1.807, 2.05) is 55.5 Å². The first-order chi connectivity index (χ1) is 16.4. The summed E-state index contributed by atoms with van der Waals surface area (Å²) in [7, 11) is 0. The molecule has 1 aliphatic heterocycles. The molecule has 3 aromatic rings. The number of anilines is 2. The second kappa shape index (κ2) is 9.74. The number of rotatable bonds is 6. The quantitative estimate of drug-likeness (QED) is 0.265. The third-order valence-electron chi connectivity index (χ3n) is 6.28. The maximum atomic E-state index is 13.3. The van der Waals surface area contributed by atoms with Crippen LogP contribution in [-0.4, -0.2) is 29.9 Å². The predicted octanol–water partition coefficient (Wildman–Crippen LogP) is 6.12. The second-order valence-corrected chi connectivity index (χ2v) is 8.66. The number of halogens is 1. The van der Waals surface area contributed by atoms with Crippen LogP contribution in [0.5, 0.6) is 0 Å². The van der Waals surface area contributed by atoms with E-state index < -0.39 is 17.7 Å². The van der Waals surface area contributed by atoms with E-state index in [0.29, 0.717) is 16.3 Å². The Morgan fingerprint density at radius 2 is 1.65 bits per heavy atom. The van der Waals surface area contributed by atoms with Crippen LogP contribution in [0.25, 0.3) is 5.76 Å². The molecule has 34 heavy (non-hydrogen) atoms. The molecule has 1 fully saturated rings. The Labute approximate surface area is 204 Å². The maximum absolute atomic E-state index is 13.3. The number of aliphatic hydroxyl groups is 1. The Balaban J connectivity index is 1.90. The van der Waals surface area contributed by atoms with Gasteiger partial charge in [-0.25, -0.2) is 0 Å². The fourth-order valence-electron chi connectivity index (χ4n) is 4.49. The predicted molar refractivity (Wildman–Crippen MR) is 137 cm³/mol. The van der Waals surface area contributed by atoms with Crippen molar-refractivity contribution in [3.8, 4) is 0 Å². The van der Waals surface area contributed by atoms with Gasteiger partial charge < -0.3 is 10.0 Å². The maximum Gasteiger partial charge on any atom is 0.300 e. The highest BCUT2D eigenvalue weighted by Gasteiger charge is 2.47. The summed E-state index contributed by atoms with van der Waals surface area (Å²) >= 11 is 6.13. The Morgan fingerprint density at radius 1 is 0.971 bits per heavy atom. The molecule has 1 unspecified atom stereocenters. The zero-order valence-electron chi connectivity index (χ0n) is 19.5. The fraction of sp³-hybridized carbons (Fsp3) is 0.214. The first kappa shape index (κ1) is 23.6. The molecule has 1 N–H and O–H groups in total. The van der Waals surface area contributed by atoms with Gasteiger partial charge >= 0.3 is 0 Å². The van der Waals surface area contributed by atoms with Crippen LogP contribution in [0, 0.1) is 6.92 Å². The first-order valence-corrected chi connectivity index (χ1v) is 11.7. The molecule has 1 heterocycles. The van der Waals surface area contributed by atoms with Gasteiger partial charge in [-0.1, -0.05) is 48.0 Å². The van der Waals surface area contributed by atoms with Gasteiger partial charge in [0.25, 0.3) is 11.7 Å². The molecule has 0 bridgehead atoms. The number of hydrogen-bond donors (Lipinski definition) is 1. The molecule has 0 radical (unpaired) electrons. The van der Waals surface area contributed by atoms with Crippen LogP contribution in [0.2, 0.25) is 5.02 Å². The molecular weight excluding hydrogens is 448 g/mol. The smallest absolute Gasteiger partial charge is 0.300 e. The normalized spacial score (nSPS) is 17.3. The lowest BCUT2D eigenvalue weighted by atomic mass is 9.92. The topological polar surface area (TPSA) is 60.9 Å². The third kappa shape index (κ3) is 4.19. The van der Waals surface area contributed by atoms with E-state index in [1.165, 1.54) is 4.90 Å². The Hall–Kier alpha value is -3.57. The monoisotopic (exact) mass is 474 g/mol. The molecule has 174 valence electrons. The summed E-state index contributed by atoms with van der Waals surface area (Å²) in [4.78, 5) is 30.3. The third-order valence-corrected chi connectivity index (χ3v) is 6.52. The van der Waals surface area contributed by atoms with Crippen LogP contribution >= 0.6 is 11.6 Å². The van der Waals surface area contributed by atoms with Crippen molar-refractivity contribution in [1.82, 2.24) is 0 Å². The molecule has 0 aromatic heterocycles. The first-order valence-electron chi connectivity index (χ1n) is 11.3. The summed E-state index contributed by atoms with van der Waals surface area (Å²) in [5, 5.41) is 11.6. The largest absolute Gasteiger partial charge is 0.507 e. The number of hydrogen-bond acceptors (Lipinski definition) is 4. The summed E-state index contributed by atoms with van der Waals surface area (Å²) in [5.74, 6) is -1.64. The molecule has 1 amide bonds. The van der Waals surface area contributed by atoms with Crippen LogP contribution in [-0.2, 0) is 9.59 Å². The van der Waals surface area contributed by atoms with Crippen molar-refractivity contribution in [1.29, 1.82) is 0 Å². The van der Waals surface area contributed by atoms with E-state index in [4.69, 9.17) is 11.6 Å². The molecular formula is C28H27ClN2O3. The number of nitrogens with zero attached hydrogens (tertiary/aromatic N) is 2. The molecule has 0 aliphatic carbocycles. The molecule has 1 saturated heterocycles. The zero-order valence-corrected chi connectivity index (χ0v) is 20.2. The average molecular weight is 475 g/mol. The highest BCUT2D eigenvalue weighted by molar-refractivity contribution is 6.51. The standard InChI is InChI=1S/C28H27ClN2O3/c1-4-30(5-2)21-13-15-22(16-14-21)31-25(23-12-7-6-9-18(23)3)24(27(33)28(31)34)26(32)19-10-8-11-20(29)17-19/h6-17,25,32H,4-5H2,1-3H3/b26-24+. The number of carbonyl (C=O) groups is 2. The minimum Gasteiger partial charge on any atom is -0.507 e. The van der Waals surface area contributed by atoms with E-state index in [-0.39, 0.29) is 11.3 Å². The molecule has 5 nitrogen and oxygen atoms in total. The van der Waals surface area contributed by atoms with E-state index >= 15 is 0 Å². The summed E-state index contributed by atoms with van der Waals surface area (Å²) in [6, 6.07) is 21.1. The number of carbonyl (C=O) groups excluding carboxylic acids is 2. The number of Topliss-reactive ketones (excluding diaryl/α,β-unsaturated/α-hetero) is 1. The van der Waals surface area contributed by atoms with Gasteiger partial charge in [-0.2, -0.15) is 0 Å². The van der Waals surface area contributed by atoms with Crippen LogP contribution in [0.4, 0.5) is 11.4 Å². The molecule has 1 aliphatic rings. The summed E-state index contributed by atoms with van der Waals surface area (Å²) in [5.41, 5.74) is 3.76. The van der Waals surface area contributed by atoms with Crippen molar-refractivity contribution in [2.75, 3.05) is 22.9 Å². The zero-order chi connectivity index (χ0) is 24.4. The van der Waals surface area contributed by atoms with E-state index in [9.17, 15) is 14.7 Å². The van der Waals surface area contributed by atoms with Gasteiger partial charge in [0.2, 0.25) is 0 Å². The molecule has 6 heteroatoms. The van der Waals surface area contributed by atoms with Gasteiger partial charge in [0, 0.05) is 35.1 Å². The molecule has 0 spiro atoms. The van der Waals surface area contributed by atoms with Gasteiger partial charge in [-0.05, 0) is 68.3 Å². The molecule has 3 aromatic carbocycles. The minimum atomic E-state index is -0.764. The number of ketones is 1. The Bertz CT molecular complexity index is 1260. The lowest BCUT2D eigenvalue weighted by molar-refractivity contribution is -0.132. The van der Waals surface area contributed by atoms with Crippen molar-refractivity contribution in [2.24, 2.45) is 0 Å². The van der Waals surface area contributed by atoms with Gasteiger partial charge in [0.15, 0.2) is 0 Å². The number of aryl methyl sites for hydroxylation is 1. The van der Waals surface area contributed by atoms with Crippen molar-refractivity contribution in [3.05, 3.63) is 100 Å². The van der Waals surface area contributed by atoms with Gasteiger partial charge in [0.1, 0.15) is 5.76 Å². The Kier molecular flexibility index (Phi) is 6.75. The summed E-state index contributed by atoms with van der Waals surface area (Å²) < 4.78 is 0. The number of benzene rings is 3. The fourth-order valence-corrected chi connectivity index (χ4v) is 4.68. The van der Waals surface area contributed by atoms with E-state index in [0.717, 1.165) is 29.9 Å². The number of aliphatic hydroxyl groups excluding tert-OH is 1. The van der Waals surface area contributed by atoms with Gasteiger partial charge in [0.05, 0.1) is 11.6 Å². The molecule has 0 saturated carbocycles. The SMILES string of the molecule is CCN(CC)c1ccc(N2C(=O)C(=O)/C(=C(/O)c3cccc(Cl)c3)C2c2ccccc2C)cc1. The van der Waals surface area contributed by atoms with Crippen molar-refractivity contribution < 1.29 is 14.7 Å². The van der Waals surface area contributed by atoms with Gasteiger partial charge in [-0.3, -0.25) is 14.5 Å². The average Bonchev–Trinajstić information content (AvgIpc) is 3.10. The van der Waals surface area contributed by atoms with E-state index in [2.05, 4.69) is 18.7 Å². The highest BCUT2D eigenvalue weighted by atomic mass is 35.5. The van der Waals surface area contributed by atoms with Crippen molar-refractivity contribution in [3.63, 3.8) is 0 Å². The molecule has 4 rings (SSSR count). The summed E-state index contributed by atoms with van der Waals surface area (Å²) in [6.07, 6.45) is 0. The minimum absolute atomic E-state index is 0.0504. The van der Waals surface area contributed by atoms with Crippen LogP contribution < -0.4 is 9.80 Å². The lowest BCUT2D eigenvalue weighted by Crippen LogP contribution is -2.30. The highest BCUT2D eigenvalue weighted by Crippen LogP contribution is 2.43. The van der Waals surface area contributed by atoms with Crippen LogP contribution in [0.3, 0.4) is 0 Å². The van der Waals surface area contributed by atoms with Crippen molar-refractivity contribution in [2.45, 2.75) is 26.8 Å².